The number of rotatable bonds is 0. The molecule has 0 radical (unpaired) electrons. The van der Waals surface area contributed by atoms with Gasteiger partial charge < -0.3 is 15.2 Å². The van der Waals surface area contributed by atoms with Crippen molar-refractivity contribution >= 4 is 17.8 Å². The second kappa shape index (κ2) is 3.41. The summed E-state index contributed by atoms with van der Waals surface area (Å²) in [5, 5.41) is 0. The lowest BCUT2D eigenvalue weighted by molar-refractivity contribution is -0.133. The van der Waals surface area contributed by atoms with E-state index in [-0.39, 0.29) is 17.3 Å². The summed E-state index contributed by atoms with van der Waals surface area (Å²) in [7, 11) is 0. The number of nitrogens with zero attached hydrogens (tertiary/aromatic N) is 1. The van der Waals surface area contributed by atoms with Gasteiger partial charge in [0.05, 0.1) is 0 Å². The molecule has 0 aliphatic carbocycles. The minimum Gasteiger partial charge on any atom is -0.419 e. The highest BCUT2D eigenvalue weighted by Gasteiger charge is 2.18. The third-order valence-electron chi connectivity index (χ3n) is 1.66. The number of pyridine rings is 1. The maximum Gasteiger partial charge on any atom is 0.336 e. The van der Waals surface area contributed by atoms with Crippen LogP contribution in [-0.4, -0.2) is 16.9 Å². The number of hydrogen-bond donors (Lipinski definition) is 1. The lowest BCUT2D eigenvalue weighted by Gasteiger charge is -2.11. The monoisotopic (exact) mass is 206 g/mol. The quantitative estimate of drug-likeness (QED) is 0.603. The summed E-state index contributed by atoms with van der Waals surface area (Å²) >= 11 is 0. The molecule has 2 N–H and O–H groups in total. The molecule has 6 heteroatoms. The number of fused-ring (bicyclic) bond motifs is 1. The molecular weight excluding hydrogens is 200 g/mol. The van der Waals surface area contributed by atoms with Gasteiger partial charge in [0.25, 0.3) is 0 Å². The van der Waals surface area contributed by atoms with E-state index in [1.165, 1.54) is 12.3 Å². The molecule has 0 aromatic carbocycles. The lowest BCUT2D eigenvalue weighted by atomic mass is 10.3. The molecule has 2 rings (SSSR count). The highest BCUT2D eigenvalue weighted by Crippen LogP contribution is 2.32. The fourth-order valence-electron chi connectivity index (χ4n) is 1.04. The van der Waals surface area contributed by atoms with Crippen LogP contribution in [0.15, 0.2) is 24.4 Å². The van der Waals surface area contributed by atoms with Gasteiger partial charge >= 0.3 is 11.9 Å². The zero-order valence-corrected chi connectivity index (χ0v) is 7.47. The molecule has 0 fully saturated rings. The molecule has 1 aromatic heterocycles. The van der Waals surface area contributed by atoms with E-state index in [0.29, 0.717) is 0 Å². The number of nitrogen functional groups attached to an aromatic ring is 1. The highest BCUT2D eigenvalue weighted by molar-refractivity contribution is 5.95. The minimum absolute atomic E-state index is 0.0102. The predicted molar refractivity (Wildman–Crippen MR) is 49.1 cm³/mol. The largest absolute Gasteiger partial charge is 0.419 e. The Morgan fingerprint density at radius 1 is 1.13 bits per heavy atom. The second-order valence-corrected chi connectivity index (χ2v) is 2.70. The van der Waals surface area contributed by atoms with Crippen LogP contribution in [0.4, 0.5) is 5.82 Å². The number of nitrogens with two attached hydrogens (primary N) is 1. The molecule has 6 nitrogen and oxygen atoms in total. The van der Waals surface area contributed by atoms with Crippen LogP contribution in [0.2, 0.25) is 0 Å². The Balaban J connectivity index is 2.51. The van der Waals surface area contributed by atoms with Crippen LogP contribution in [0.1, 0.15) is 0 Å². The van der Waals surface area contributed by atoms with Crippen molar-refractivity contribution in [1.29, 1.82) is 0 Å². The summed E-state index contributed by atoms with van der Waals surface area (Å²) in [4.78, 5) is 25.9. The van der Waals surface area contributed by atoms with Gasteiger partial charge in [-0.2, -0.15) is 0 Å². The smallest absolute Gasteiger partial charge is 0.336 e. The molecule has 15 heavy (non-hydrogen) atoms. The van der Waals surface area contributed by atoms with Crippen LogP contribution >= 0.6 is 0 Å². The number of ether oxygens (including phenoxy) is 2. The third-order valence-corrected chi connectivity index (χ3v) is 1.66. The van der Waals surface area contributed by atoms with Gasteiger partial charge in [-0.1, -0.05) is 0 Å². The summed E-state index contributed by atoms with van der Waals surface area (Å²) in [6.45, 7) is 0. The summed E-state index contributed by atoms with van der Waals surface area (Å²) in [6, 6.07) is 1.38. The number of carbonyl (C=O) groups excluding carboxylic acids is 2. The van der Waals surface area contributed by atoms with Crippen molar-refractivity contribution < 1.29 is 19.1 Å². The molecular formula is C9H6N2O4. The van der Waals surface area contributed by atoms with E-state index in [9.17, 15) is 9.59 Å². The standard InChI is InChI=1S/C9H6N2O4/c10-9-8-5(3-4-11-9)14-6(12)1-2-7(13)15-8/h1-4H,(H2,10,11)/b2-1+. The summed E-state index contributed by atoms with van der Waals surface area (Å²) in [5.74, 6) is -1.35. The van der Waals surface area contributed by atoms with E-state index in [0.717, 1.165) is 12.2 Å². The molecule has 0 amide bonds. The molecule has 0 unspecified atom stereocenters. The van der Waals surface area contributed by atoms with Crippen molar-refractivity contribution in [1.82, 2.24) is 4.98 Å². The van der Waals surface area contributed by atoms with Crippen LogP contribution in [0.5, 0.6) is 11.5 Å². The zero-order valence-electron chi connectivity index (χ0n) is 7.47. The predicted octanol–water partition coefficient (Wildman–Crippen LogP) is 0.0444. The average Bonchev–Trinajstić information content (AvgIpc) is 2.18. The molecule has 0 atom stereocenters. The van der Waals surface area contributed by atoms with Crippen LogP contribution in [0, 0.1) is 0 Å². The molecule has 1 aliphatic heterocycles. The van der Waals surface area contributed by atoms with Gasteiger partial charge in [-0.05, 0) is 0 Å². The highest BCUT2D eigenvalue weighted by atomic mass is 16.6. The number of anilines is 1. The van der Waals surface area contributed by atoms with E-state index in [4.69, 9.17) is 15.2 Å². The van der Waals surface area contributed by atoms with Crippen LogP contribution in [0.3, 0.4) is 0 Å². The summed E-state index contributed by atoms with van der Waals surface area (Å²) in [5.41, 5.74) is 5.47. The number of esters is 2. The van der Waals surface area contributed by atoms with Crippen molar-refractivity contribution in [3.63, 3.8) is 0 Å². The Kier molecular flexibility index (Phi) is 2.09. The first-order valence-electron chi connectivity index (χ1n) is 4.03. The van der Waals surface area contributed by atoms with Gasteiger partial charge in [0.2, 0.25) is 5.75 Å². The molecule has 0 bridgehead atoms. The van der Waals surface area contributed by atoms with E-state index in [2.05, 4.69) is 4.98 Å². The maximum absolute atomic E-state index is 11.1. The van der Waals surface area contributed by atoms with Gasteiger partial charge in [0.15, 0.2) is 11.6 Å². The van der Waals surface area contributed by atoms with Gasteiger partial charge in [0, 0.05) is 24.4 Å². The zero-order chi connectivity index (χ0) is 10.8. The number of aromatic nitrogens is 1. The molecule has 76 valence electrons. The average molecular weight is 206 g/mol. The summed E-state index contributed by atoms with van der Waals surface area (Å²) in [6.07, 6.45) is 3.28. The van der Waals surface area contributed by atoms with Crippen LogP contribution < -0.4 is 15.2 Å². The number of hydrogen-bond acceptors (Lipinski definition) is 6. The molecule has 0 spiro atoms. The van der Waals surface area contributed by atoms with Crippen LogP contribution in [0.25, 0.3) is 0 Å². The van der Waals surface area contributed by atoms with Crippen molar-refractivity contribution in [2.75, 3.05) is 5.73 Å². The maximum atomic E-state index is 11.1. The van der Waals surface area contributed by atoms with Crippen molar-refractivity contribution in [3.8, 4) is 11.5 Å². The van der Waals surface area contributed by atoms with Crippen molar-refractivity contribution in [3.05, 3.63) is 24.4 Å². The SMILES string of the molecule is Nc1nccc2c1OC(=O)/C=C/C(=O)O2. The first-order chi connectivity index (χ1) is 7.16. The Labute approximate surface area is 84.3 Å². The van der Waals surface area contributed by atoms with Gasteiger partial charge in [-0.15, -0.1) is 0 Å². The summed E-state index contributed by atoms with van der Waals surface area (Å²) < 4.78 is 9.67. The first kappa shape index (κ1) is 9.20. The van der Waals surface area contributed by atoms with Gasteiger partial charge in [-0.3, -0.25) is 0 Å². The first-order valence-corrected chi connectivity index (χ1v) is 4.03. The fourth-order valence-corrected chi connectivity index (χ4v) is 1.04. The van der Waals surface area contributed by atoms with Crippen molar-refractivity contribution in [2.45, 2.75) is 0 Å². The molecule has 0 saturated carbocycles. The Morgan fingerprint density at radius 3 is 2.53 bits per heavy atom. The van der Waals surface area contributed by atoms with E-state index in [1.54, 1.807) is 0 Å². The molecule has 2 heterocycles. The molecule has 0 saturated heterocycles. The Morgan fingerprint density at radius 2 is 1.80 bits per heavy atom. The lowest BCUT2D eigenvalue weighted by Crippen LogP contribution is -2.15. The van der Waals surface area contributed by atoms with Crippen LogP contribution in [-0.2, 0) is 9.59 Å². The Hall–Kier alpha value is -2.37. The van der Waals surface area contributed by atoms with E-state index < -0.39 is 11.9 Å². The number of carbonyl (C=O) groups is 2. The fraction of sp³-hybridized carbons (Fsp3) is 0. The topological polar surface area (TPSA) is 91.5 Å². The normalized spacial score (nSPS) is 16.8. The Bertz CT molecular complexity index is 467. The minimum atomic E-state index is -0.701. The van der Waals surface area contributed by atoms with E-state index in [1.807, 2.05) is 0 Å². The molecule has 1 aromatic rings. The van der Waals surface area contributed by atoms with E-state index >= 15 is 0 Å². The third kappa shape index (κ3) is 1.78. The van der Waals surface area contributed by atoms with Gasteiger partial charge in [-0.25, -0.2) is 14.6 Å². The van der Waals surface area contributed by atoms with Gasteiger partial charge in [0.1, 0.15) is 0 Å². The van der Waals surface area contributed by atoms with Crippen molar-refractivity contribution in [2.24, 2.45) is 0 Å². The molecule has 1 aliphatic rings. The second-order valence-electron chi connectivity index (χ2n) is 2.70.